The molecular weight excluding hydrogens is 442 g/mol. The normalized spacial score (nSPS) is 11.8. The summed E-state index contributed by atoms with van der Waals surface area (Å²) in [7, 11) is -2.99. The van der Waals surface area contributed by atoms with Crippen molar-refractivity contribution in [2.24, 2.45) is 4.66 Å². The predicted octanol–water partition coefficient (Wildman–Crippen LogP) is 7.37. The Morgan fingerprint density at radius 2 is 1.15 bits per heavy atom. The van der Waals surface area contributed by atoms with Crippen LogP contribution in [0.15, 0.2) is 65.3 Å². The second-order valence-corrected chi connectivity index (χ2v) is 18.2. The third kappa shape index (κ3) is 23.2. The number of hydrogen-bond acceptors (Lipinski definition) is 1. The molecule has 0 amide bonds. The molecule has 27 heavy (non-hydrogen) atoms. The molecule has 3 nitrogen and oxygen atoms in total. The van der Waals surface area contributed by atoms with E-state index in [0.29, 0.717) is 0 Å². The van der Waals surface area contributed by atoms with Crippen LogP contribution < -0.4 is 0 Å². The van der Waals surface area contributed by atoms with Crippen LogP contribution in [0.4, 0.5) is 0 Å². The summed E-state index contributed by atoms with van der Waals surface area (Å²) in [5.41, 5.74) is -0.0956. The molecule has 0 heterocycles. The molecule has 2 aromatic rings. The van der Waals surface area contributed by atoms with E-state index in [2.05, 4.69) is 65.4 Å². The molecule has 0 saturated carbocycles. The van der Waals surface area contributed by atoms with Crippen LogP contribution in [0.1, 0.15) is 20.8 Å². The van der Waals surface area contributed by atoms with Gasteiger partial charge in [0.2, 0.25) is 0 Å². The third-order valence-corrected chi connectivity index (χ3v) is 4.16. The summed E-state index contributed by atoms with van der Waals surface area (Å²) in [6.45, 7) is 19.5. The molecule has 0 radical (unpaired) electrons. The van der Waals surface area contributed by atoms with Crippen LogP contribution in [0, 0.1) is 0 Å². The quantitative estimate of drug-likeness (QED) is 0.187. The average molecular weight is 479 g/mol. The van der Waals surface area contributed by atoms with Crippen molar-refractivity contribution in [1.82, 2.24) is 0 Å². The maximum Gasteiger partial charge on any atom is 0.00889 e. The van der Waals surface area contributed by atoms with E-state index in [-0.39, 0.29) is 31.7 Å². The van der Waals surface area contributed by atoms with E-state index in [1.54, 1.807) is 0 Å². The fraction of sp³-hybridized carbons (Fsp3) is 0.476. The molecule has 6 heteroatoms. The molecule has 2 rings (SSSR count). The second kappa shape index (κ2) is 13.5. The van der Waals surface area contributed by atoms with Crippen LogP contribution in [0.2, 0.25) is 39.3 Å². The van der Waals surface area contributed by atoms with Gasteiger partial charge < -0.3 is 15.0 Å². The molecule has 0 aliphatic carbocycles. The number of rotatable bonds is 2. The molecule has 0 aliphatic rings. The van der Waals surface area contributed by atoms with Gasteiger partial charge in [-0.3, -0.25) is 0 Å². The predicted molar refractivity (Wildman–Crippen MR) is 125 cm³/mol. The zero-order valence-corrected chi connectivity index (χ0v) is 23.1. The Kier molecular flexibility index (Phi) is 14.2. The zero-order chi connectivity index (χ0) is 20.3. The summed E-state index contributed by atoms with van der Waals surface area (Å²) in [4.78, 5) is 4.74. The maximum atomic E-state index is 4.74. The fourth-order valence-corrected chi connectivity index (χ4v) is 3.12. The van der Waals surface area contributed by atoms with Gasteiger partial charge in [0.15, 0.2) is 0 Å². The van der Waals surface area contributed by atoms with Crippen molar-refractivity contribution < 1.29 is 26.2 Å². The van der Waals surface area contributed by atoms with E-state index >= 15 is 0 Å². The molecule has 0 fully saturated rings. The Morgan fingerprint density at radius 1 is 0.778 bits per heavy atom. The standard InChI is InChI=1S/C11H27N3Si2.2C5H5.Zr/c1-11(2,3)12-10(13-15(4,5)6)14-16(7,8)9;2*1-2-4-5-3-1;/h1-9H3;2*1-5H;/q-2;2*-1;. The van der Waals surface area contributed by atoms with Crippen molar-refractivity contribution in [3.8, 4) is 0 Å². The summed E-state index contributed by atoms with van der Waals surface area (Å²) in [6, 6.07) is 20.0. The smallest absolute Gasteiger partial charge is 0.00889 e. The van der Waals surface area contributed by atoms with Crippen LogP contribution in [-0.2, 0) is 26.2 Å². The summed E-state index contributed by atoms with van der Waals surface area (Å²) >= 11 is 0. The molecule has 0 saturated heterocycles. The second-order valence-electron chi connectivity index (χ2n) is 9.07. The van der Waals surface area contributed by atoms with Gasteiger partial charge in [0.05, 0.1) is 0 Å². The molecule has 152 valence electrons. The van der Waals surface area contributed by atoms with Gasteiger partial charge in [-0.05, 0) is 0 Å². The Balaban J connectivity index is 0. The number of guanidine groups is 1. The number of nitrogens with zero attached hydrogens (tertiary/aromatic N) is 3. The SMILES string of the molecule is CC(C)(C)[N-]C(=N[Si](C)(C)C)[N-][Si](C)(C)C.[Zr].c1cc[cH-]c1.c1cc[cH-]c1. The van der Waals surface area contributed by atoms with Crippen molar-refractivity contribution in [3.05, 3.63) is 71.0 Å². The molecule has 0 unspecified atom stereocenters. The fourth-order valence-electron chi connectivity index (χ4n) is 1.62. The van der Waals surface area contributed by atoms with E-state index in [0.717, 1.165) is 5.96 Å². The van der Waals surface area contributed by atoms with Crippen LogP contribution >= 0.6 is 0 Å². The molecule has 0 N–H and O–H groups in total. The van der Waals surface area contributed by atoms with Gasteiger partial charge >= 0.3 is 0 Å². The molecule has 2 aromatic carbocycles. The Bertz CT molecular complexity index is 494. The van der Waals surface area contributed by atoms with E-state index < -0.39 is 16.5 Å². The van der Waals surface area contributed by atoms with Gasteiger partial charge in [-0.25, -0.2) is 24.3 Å². The van der Waals surface area contributed by atoms with E-state index in [9.17, 15) is 0 Å². The van der Waals surface area contributed by atoms with Gasteiger partial charge in [-0.15, -0.1) is 0 Å². The largest absolute Gasteiger partial charge is 0.557 e. The molecule has 0 aliphatic heterocycles. The minimum atomic E-state index is -1.50. The van der Waals surface area contributed by atoms with Gasteiger partial charge in [0.25, 0.3) is 0 Å². The van der Waals surface area contributed by atoms with E-state index in [4.69, 9.17) is 9.64 Å². The topological polar surface area (TPSA) is 40.6 Å². The molecule has 0 aromatic heterocycles. The average Bonchev–Trinajstić information content (AvgIpc) is 3.12. The first-order valence-electron chi connectivity index (χ1n) is 9.17. The molecule has 0 spiro atoms. The summed E-state index contributed by atoms with van der Waals surface area (Å²) in [5.74, 6) is 0.742. The van der Waals surface area contributed by atoms with Crippen LogP contribution in [0.25, 0.3) is 10.3 Å². The van der Waals surface area contributed by atoms with Crippen molar-refractivity contribution in [1.29, 1.82) is 0 Å². The van der Waals surface area contributed by atoms with Crippen LogP contribution in [-0.4, -0.2) is 28.0 Å². The van der Waals surface area contributed by atoms with E-state index in [1.165, 1.54) is 0 Å². The Morgan fingerprint density at radius 3 is 1.33 bits per heavy atom. The van der Waals surface area contributed by atoms with Gasteiger partial charge in [0.1, 0.15) is 0 Å². The minimum absolute atomic E-state index is 0. The molecule has 0 bridgehead atoms. The molecular formula is C21H37N3Si2Zr-4. The summed E-state index contributed by atoms with van der Waals surface area (Å²) in [6.07, 6.45) is 0. The van der Waals surface area contributed by atoms with E-state index in [1.807, 2.05) is 60.7 Å². The van der Waals surface area contributed by atoms with Crippen LogP contribution in [0.5, 0.6) is 0 Å². The first-order chi connectivity index (χ1) is 11.8. The zero-order valence-electron chi connectivity index (χ0n) is 18.6. The maximum absolute atomic E-state index is 4.74. The van der Waals surface area contributed by atoms with Crippen molar-refractivity contribution in [3.63, 3.8) is 0 Å². The first-order valence-corrected chi connectivity index (χ1v) is 16.1. The van der Waals surface area contributed by atoms with Gasteiger partial charge in [0, 0.05) is 42.7 Å². The number of hydrogen-bond donors (Lipinski definition) is 0. The molecule has 0 atom stereocenters. The summed E-state index contributed by atoms with van der Waals surface area (Å²) < 4.78 is 4.74. The Labute approximate surface area is 189 Å². The monoisotopic (exact) mass is 477 g/mol. The third-order valence-electron chi connectivity index (χ3n) is 2.42. The summed E-state index contributed by atoms with van der Waals surface area (Å²) in [5, 5.41) is 4.63. The van der Waals surface area contributed by atoms with Crippen LogP contribution in [0.3, 0.4) is 0 Å². The Hall–Kier alpha value is -0.713. The first kappa shape index (κ1) is 28.5. The van der Waals surface area contributed by atoms with Gasteiger partial charge in [-0.1, -0.05) is 65.6 Å². The van der Waals surface area contributed by atoms with Crippen molar-refractivity contribution in [2.45, 2.75) is 65.6 Å². The minimum Gasteiger partial charge on any atom is -0.557 e. The van der Waals surface area contributed by atoms with Gasteiger partial charge in [-0.2, -0.15) is 42.4 Å². The van der Waals surface area contributed by atoms with Crippen molar-refractivity contribution in [2.75, 3.05) is 0 Å². The van der Waals surface area contributed by atoms with Crippen molar-refractivity contribution >= 4 is 22.4 Å².